The molecule has 6 rings (SSSR count). The number of hydrogen-bond donors (Lipinski definition) is 6. The van der Waals surface area contributed by atoms with Crippen LogP contribution >= 0.6 is 0 Å². The lowest BCUT2D eigenvalue weighted by molar-refractivity contribution is -0.275. The number of carbonyl (C=O) groups is 2. The number of rotatable bonds is 10. The molecule has 1 aromatic heterocycles. The summed E-state index contributed by atoms with van der Waals surface area (Å²) in [5.41, 5.74) is 0.0290. The molecule has 1 saturated heterocycles. The minimum Gasteiger partial charge on any atom is -0.508 e. The molecule has 6 N–H and O–H groups in total. The molecule has 0 radical (unpaired) electrons. The first-order chi connectivity index (χ1) is 26.3. The van der Waals surface area contributed by atoms with Gasteiger partial charge in [0, 0.05) is 29.8 Å². The summed E-state index contributed by atoms with van der Waals surface area (Å²) in [5.74, 6) is -3.87. The third-order valence-corrected chi connectivity index (χ3v) is 8.46. The summed E-state index contributed by atoms with van der Waals surface area (Å²) in [6, 6.07) is 17.7. The zero-order valence-corrected chi connectivity index (χ0v) is 29.1. The van der Waals surface area contributed by atoms with Gasteiger partial charge >= 0.3 is 11.9 Å². The van der Waals surface area contributed by atoms with E-state index in [0.717, 1.165) is 24.3 Å². The molecule has 1 aliphatic rings. The first-order valence-corrected chi connectivity index (χ1v) is 16.6. The maximum Gasteiger partial charge on any atom is 0.331 e. The van der Waals surface area contributed by atoms with E-state index < -0.39 is 65.3 Å². The summed E-state index contributed by atoms with van der Waals surface area (Å²) < 4.78 is 34.3. The number of aromatic hydroxyl groups is 5. The normalized spacial score (nSPS) is 19.7. The van der Waals surface area contributed by atoms with Crippen molar-refractivity contribution in [2.75, 3.05) is 7.11 Å². The summed E-state index contributed by atoms with van der Waals surface area (Å²) in [5, 5.41) is 61.3. The molecule has 5 aromatic rings. The molecule has 15 nitrogen and oxygen atoms in total. The summed E-state index contributed by atoms with van der Waals surface area (Å²) >= 11 is 0. The summed E-state index contributed by atoms with van der Waals surface area (Å²) in [7, 11) is 1.35. The van der Waals surface area contributed by atoms with E-state index >= 15 is 0 Å². The van der Waals surface area contributed by atoms with E-state index in [4.69, 9.17) is 28.1 Å². The Morgan fingerprint density at radius 3 is 1.98 bits per heavy atom. The van der Waals surface area contributed by atoms with Gasteiger partial charge in [0.1, 0.15) is 40.1 Å². The topological polar surface area (TPSA) is 232 Å². The maximum absolute atomic E-state index is 14.0. The highest BCUT2D eigenvalue weighted by atomic mass is 16.7. The predicted octanol–water partition coefficient (Wildman–Crippen LogP) is 4.73. The number of fused-ring (bicyclic) bond motifs is 1. The van der Waals surface area contributed by atoms with Gasteiger partial charge in [-0.25, -0.2) is 9.59 Å². The molecule has 0 saturated carbocycles. The summed E-state index contributed by atoms with van der Waals surface area (Å²) in [6.07, 6.45) is -3.12. The zero-order valence-electron chi connectivity index (χ0n) is 29.1. The number of methoxy groups -OCH3 is 1. The summed E-state index contributed by atoms with van der Waals surface area (Å²) in [6.45, 7) is 1.44. The fraction of sp³-hybridized carbons (Fsp3) is 0.175. The largest absolute Gasteiger partial charge is 0.508 e. The lowest BCUT2D eigenvalue weighted by Gasteiger charge is -2.41. The van der Waals surface area contributed by atoms with E-state index in [9.17, 15) is 45.0 Å². The van der Waals surface area contributed by atoms with Crippen LogP contribution in [-0.2, 0) is 23.8 Å². The molecule has 1 fully saturated rings. The van der Waals surface area contributed by atoms with Gasteiger partial charge in [-0.05, 0) is 78.7 Å². The van der Waals surface area contributed by atoms with Crippen molar-refractivity contribution in [3.05, 3.63) is 112 Å². The fourth-order valence-electron chi connectivity index (χ4n) is 5.73. The minimum absolute atomic E-state index is 0.0266. The Labute approximate surface area is 311 Å². The Morgan fingerprint density at radius 2 is 1.33 bits per heavy atom. The highest BCUT2D eigenvalue weighted by Gasteiger charge is 2.49. The van der Waals surface area contributed by atoms with Crippen LogP contribution in [0.2, 0.25) is 0 Å². The van der Waals surface area contributed by atoms with Crippen LogP contribution in [0.4, 0.5) is 0 Å². The number of benzene rings is 4. The summed E-state index contributed by atoms with van der Waals surface area (Å²) in [4.78, 5) is 40.2. The number of hydrogen-bond acceptors (Lipinski definition) is 15. The van der Waals surface area contributed by atoms with E-state index in [-0.39, 0.29) is 45.3 Å². The van der Waals surface area contributed by atoms with Crippen molar-refractivity contribution >= 4 is 35.1 Å². The van der Waals surface area contributed by atoms with Crippen LogP contribution in [0.1, 0.15) is 18.1 Å². The predicted molar refractivity (Wildman–Crippen MR) is 194 cm³/mol. The molecule has 0 aliphatic carbocycles. The molecule has 0 bridgehead atoms. The molecule has 15 heteroatoms. The molecule has 1 aliphatic heterocycles. The van der Waals surface area contributed by atoms with Crippen molar-refractivity contribution in [3.63, 3.8) is 0 Å². The van der Waals surface area contributed by atoms with Crippen molar-refractivity contribution in [1.82, 2.24) is 0 Å². The number of phenols is 5. The van der Waals surface area contributed by atoms with Gasteiger partial charge in [0.25, 0.3) is 0 Å². The second kappa shape index (κ2) is 16.0. The van der Waals surface area contributed by atoms with Crippen LogP contribution in [0.3, 0.4) is 0 Å². The molecule has 0 amide bonds. The van der Waals surface area contributed by atoms with Gasteiger partial charge in [-0.3, -0.25) is 4.79 Å². The number of esters is 2. The Kier molecular flexibility index (Phi) is 11.0. The standard InChI is InChI=1S/C40H34O15/c1-20-36(53-31(46)15-6-21-3-10-24(41)11-4-21)35(49)39(54-32(47)16-7-22-5-14-27(44)29(17-22)50-2)40(51-20)55-38-34(48)33-28(45)18-26(43)19-30(33)52-37(38)23-8-12-25(42)13-9-23/h3-20,35-36,39-45,49H,1-2H3/t20-,35+,36-,39+,40-/m0/s1. The fourth-order valence-corrected chi connectivity index (χ4v) is 5.73. The van der Waals surface area contributed by atoms with Crippen LogP contribution in [0.5, 0.6) is 40.2 Å². The molecular weight excluding hydrogens is 720 g/mol. The van der Waals surface area contributed by atoms with E-state index in [1.807, 2.05) is 0 Å². The van der Waals surface area contributed by atoms with Crippen molar-refractivity contribution in [1.29, 1.82) is 0 Å². The van der Waals surface area contributed by atoms with Crippen LogP contribution in [0.15, 0.2) is 100 Å². The van der Waals surface area contributed by atoms with E-state index in [1.54, 1.807) is 12.1 Å². The second-order valence-electron chi connectivity index (χ2n) is 12.3. The van der Waals surface area contributed by atoms with Gasteiger partial charge in [-0.15, -0.1) is 0 Å². The highest BCUT2D eigenvalue weighted by molar-refractivity contribution is 5.89. The first-order valence-electron chi connectivity index (χ1n) is 16.6. The van der Waals surface area contributed by atoms with Crippen molar-refractivity contribution in [2.45, 2.75) is 37.6 Å². The van der Waals surface area contributed by atoms with E-state index in [0.29, 0.717) is 11.1 Å². The van der Waals surface area contributed by atoms with E-state index in [2.05, 4.69) is 0 Å². The molecule has 5 atom stereocenters. The minimum atomic E-state index is -1.82. The van der Waals surface area contributed by atoms with Gasteiger partial charge in [-0.1, -0.05) is 18.2 Å². The lowest BCUT2D eigenvalue weighted by Crippen LogP contribution is -2.61. The van der Waals surface area contributed by atoms with Crippen molar-refractivity contribution in [3.8, 4) is 51.6 Å². The zero-order chi connectivity index (χ0) is 39.4. The third kappa shape index (κ3) is 8.48. The number of aliphatic hydroxyl groups excluding tert-OH is 1. The van der Waals surface area contributed by atoms with Crippen molar-refractivity contribution < 1.29 is 68.3 Å². The van der Waals surface area contributed by atoms with Crippen LogP contribution < -0.4 is 14.9 Å². The van der Waals surface area contributed by atoms with Gasteiger partial charge in [0.2, 0.25) is 17.5 Å². The van der Waals surface area contributed by atoms with Crippen LogP contribution in [-0.4, -0.2) is 80.4 Å². The third-order valence-electron chi connectivity index (χ3n) is 8.46. The van der Waals surface area contributed by atoms with Crippen LogP contribution in [0.25, 0.3) is 34.4 Å². The molecule has 0 unspecified atom stereocenters. The Hall–Kier alpha value is -6.97. The van der Waals surface area contributed by atoms with Gasteiger partial charge in [0.05, 0.1) is 13.2 Å². The lowest BCUT2D eigenvalue weighted by atomic mass is 9.99. The molecule has 4 aromatic carbocycles. The van der Waals surface area contributed by atoms with Gasteiger partial charge in [-0.2, -0.15) is 0 Å². The molecule has 0 spiro atoms. The van der Waals surface area contributed by atoms with Crippen LogP contribution in [0, 0.1) is 0 Å². The number of carbonyl (C=O) groups excluding carboxylic acids is 2. The Bertz CT molecular complexity index is 2330. The second-order valence-corrected chi connectivity index (χ2v) is 12.3. The monoisotopic (exact) mass is 754 g/mol. The molecule has 55 heavy (non-hydrogen) atoms. The average Bonchev–Trinajstić information content (AvgIpc) is 3.15. The average molecular weight is 755 g/mol. The van der Waals surface area contributed by atoms with Crippen molar-refractivity contribution in [2.24, 2.45) is 0 Å². The molecule has 284 valence electrons. The smallest absolute Gasteiger partial charge is 0.331 e. The highest BCUT2D eigenvalue weighted by Crippen LogP contribution is 2.38. The SMILES string of the molecule is COc1cc(C=CC(=O)O[C@H]2[C@H](Oc3c(-c4ccc(O)cc4)oc4cc(O)cc(O)c4c3=O)O[C@@H](C)[C@H](OC(=O)C=Cc3ccc(O)cc3)[C@H]2O)ccc1O. The number of phenolic OH excluding ortho intramolecular Hbond substituents is 5. The molecular formula is C40H34O15. The Balaban J connectivity index is 1.36. The molecule has 2 heterocycles. The maximum atomic E-state index is 14.0. The van der Waals surface area contributed by atoms with Gasteiger partial charge < -0.3 is 58.7 Å². The van der Waals surface area contributed by atoms with Gasteiger partial charge in [0.15, 0.2) is 29.5 Å². The van der Waals surface area contributed by atoms with E-state index in [1.165, 1.54) is 80.8 Å². The Morgan fingerprint density at radius 1 is 0.727 bits per heavy atom. The first kappa shape index (κ1) is 37.8. The number of aliphatic hydroxyl groups is 1. The number of ether oxygens (including phenoxy) is 5. The quantitative estimate of drug-likeness (QED) is 0.0836.